The van der Waals surface area contributed by atoms with Crippen LogP contribution in [0.5, 0.6) is 0 Å². The van der Waals surface area contributed by atoms with Gasteiger partial charge >= 0.3 is 0 Å². The van der Waals surface area contributed by atoms with Crippen molar-refractivity contribution < 1.29 is 0 Å². The standard InChI is InChI=1S/C14H17N3/c15-14(7-8-14)10-5-2-6-11-12(10)13(17-16-11)9-3-1-4-9/h2,5-6,9H,1,3-4,7-8,15H2,(H,16,17). The first-order chi connectivity index (χ1) is 8.28. The van der Waals surface area contributed by atoms with Gasteiger partial charge in [0.25, 0.3) is 0 Å². The number of hydrogen-bond donors (Lipinski definition) is 2. The Morgan fingerprint density at radius 1 is 1.29 bits per heavy atom. The minimum Gasteiger partial charge on any atom is -0.321 e. The van der Waals surface area contributed by atoms with Crippen molar-refractivity contribution in [1.29, 1.82) is 0 Å². The van der Waals surface area contributed by atoms with Crippen LogP contribution >= 0.6 is 0 Å². The summed E-state index contributed by atoms with van der Waals surface area (Å²) in [5.41, 5.74) is 10.0. The van der Waals surface area contributed by atoms with Gasteiger partial charge in [0.15, 0.2) is 0 Å². The largest absolute Gasteiger partial charge is 0.321 e. The van der Waals surface area contributed by atoms with Crippen molar-refractivity contribution in [2.45, 2.75) is 43.6 Å². The highest BCUT2D eigenvalue weighted by Gasteiger charge is 2.42. The molecule has 2 saturated carbocycles. The third kappa shape index (κ3) is 1.29. The average molecular weight is 227 g/mol. The van der Waals surface area contributed by atoms with Crippen molar-refractivity contribution in [3.05, 3.63) is 29.5 Å². The molecule has 0 saturated heterocycles. The molecule has 4 rings (SSSR count). The monoisotopic (exact) mass is 227 g/mol. The van der Waals surface area contributed by atoms with Gasteiger partial charge < -0.3 is 5.73 Å². The van der Waals surface area contributed by atoms with Crippen molar-refractivity contribution in [3.63, 3.8) is 0 Å². The Morgan fingerprint density at radius 2 is 2.12 bits per heavy atom. The highest BCUT2D eigenvalue weighted by Crippen LogP contribution is 2.48. The van der Waals surface area contributed by atoms with Crippen LogP contribution in [0.3, 0.4) is 0 Å². The van der Waals surface area contributed by atoms with E-state index in [1.807, 2.05) is 0 Å². The number of nitrogens with zero attached hydrogens (tertiary/aromatic N) is 1. The molecule has 2 aromatic rings. The zero-order valence-electron chi connectivity index (χ0n) is 9.87. The number of benzene rings is 1. The summed E-state index contributed by atoms with van der Waals surface area (Å²) in [6.07, 6.45) is 6.16. The van der Waals surface area contributed by atoms with Crippen LogP contribution in [0.2, 0.25) is 0 Å². The van der Waals surface area contributed by atoms with Gasteiger partial charge in [-0.05, 0) is 37.3 Å². The SMILES string of the molecule is NC1(c2cccc3n[nH]c(C4CCC4)c23)CC1. The van der Waals surface area contributed by atoms with Gasteiger partial charge in [-0.2, -0.15) is 5.10 Å². The van der Waals surface area contributed by atoms with E-state index in [1.54, 1.807) is 0 Å². The number of rotatable bonds is 2. The fourth-order valence-corrected chi connectivity index (χ4v) is 2.90. The molecule has 2 fully saturated rings. The molecule has 1 heterocycles. The molecular formula is C14H17N3. The lowest BCUT2D eigenvalue weighted by atomic mass is 9.81. The molecule has 1 aromatic heterocycles. The Morgan fingerprint density at radius 3 is 2.76 bits per heavy atom. The van der Waals surface area contributed by atoms with Crippen LogP contribution in [0.25, 0.3) is 10.9 Å². The number of aromatic nitrogens is 2. The van der Waals surface area contributed by atoms with Crippen LogP contribution in [0, 0.1) is 0 Å². The van der Waals surface area contributed by atoms with Gasteiger partial charge in [-0.3, -0.25) is 5.10 Å². The van der Waals surface area contributed by atoms with Gasteiger partial charge in [-0.15, -0.1) is 0 Å². The topological polar surface area (TPSA) is 54.7 Å². The first kappa shape index (κ1) is 9.66. The van der Waals surface area contributed by atoms with E-state index >= 15 is 0 Å². The third-order valence-electron chi connectivity index (χ3n) is 4.45. The van der Waals surface area contributed by atoms with Crippen LogP contribution in [-0.4, -0.2) is 10.2 Å². The molecule has 0 radical (unpaired) electrons. The van der Waals surface area contributed by atoms with E-state index in [4.69, 9.17) is 5.73 Å². The summed E-state index contributed by atoms with van der Waals surface area (Å²) in [5, 5.41) is 9.01. The number of fused-ring (bicyclic) bond motifs is 1. The summed E-state index contributed by atoms with van der Waals surface area (Å²) in [6.45, 7) is 0. The van der Waals surface area contributed by atoms with E-state index in [1.165, 1.54) is 35.9 Å². The molecule has 17 heavy (non-hydrogen) atoms. The molecular weight excluding hydrogens is 210 g/mol. The molecule has 0 unspecified atom stereocenters. The maximum Gasteiger partial charge on any atom is 0.0927 e. The summed E-state index contributed by atoms with van der Waals surface area (Å²) in [4.78, 5) is 0. The first-order valence-electron chi connectivity index (χ1n) is 6.54. The highest BCUT2D eigenvalue weighted by atomic mass is 15.1. The minimum atomic E-state index is -0.0676. The maximum absolute atomic E-state index is 6.38. The number of nitrogens with two attached hydrogens (primary N) is 1. The molecule has 0 aliphatic heterocycles. The lowest BCUT2D eigenvalue weighted by molar-refractivity contribution is 0.412. The fourth-order valence-electron chi connectivity index (χ4n) is 2.90. The van der Waals surface area contributed by atoms with Crippen LogP contribution in [0.4, 0.5) is 0 Å². The van der Waals surface area contributed by atoms with E-state index in [0.29, 0.717) is 5.92 Å². The summed E-state index contributed by atoms with van der Waals surface area (Å²) >= 11 is 0. The van der Waals surface area contributed by atoms with Gasteiger partial charge in [-0.25, -0.2) is 0 Å². The highest BCUT2D eigenvalue weighted by molar-refractivity contribution is 5.87. The van der Waals surface area contributed by atoms with Gasteiger partial charge in [0, 0.05) is 22.5 Å². The van der Waals surface area contributed by atoms with Gasteiger partial charge in [0.05, 0.1) is 5.52 Å². The number of hydrogen-bond acceptors (Lipinski definition) is 2. The van der Waals surface area contributed by atoms with E-state index in [2.05, 4.69) is 28.4 Å². The Balaban J connectivity index is 1.96. The van der Waals surface area contributed by atoms with Crippen molar-refractivity contribution in [1.82, 2.24) is 10.2 Å². The second-order valence-corrected chi connectivity index (χ2v) is 5.62. The molecule has 2 aliphatic rings. The molecule has 3 heteroatoms. The van der Waals surface area contributed by atoms with Gasteiger partial charge in [0.2, 0.25) is 0 Å². The predicted octanol–water partition coefficient (Wildman–Crippen LogP) is 2.78. The average Bonchev–Trinajstić information content (AvgIpc) is 2.87. The zero-order chi connectivity index (χ0) is 11.5. The lowest BCUT2D eigenvalue weighted by Crippen LogP contribution is -2.20. The second-order valence-electron chi connectivity index (χ2n) is 5.62. The quantitative estimate of drug-likeness (QED) is 0.828. The Kier molecular flexibility index (Phi) is 1.76. The van der Waals surface area contributed by atoms with Crippen LogP contribution in [0.15, 0.2) is 18.2 Å². The number of aromatic amines is 1. The van der Waals surface area contributed by atoms with Crippen molar-refractivity contribution in [2.24, 2.45) is 5.73 Å². The Labute approximate surface area is 100 Å². The minimum absolute atomic E-state index is 0.0676. The van der Waals surface area contributed by atoms with Gasteiger partial charge in [0.1, 0.15) is 0 Å². The van der Waals surface area contributed by atoms with E-state index < -0.39 is 0 Å². The molecule has 0 bridgehead atoms. The van der Waals surface area contributed by atoms with Crippen molar-refractivity contribution >= 4 is 10.9 Å². The fraction of sp³-hybridized carbons (Fsp3) is 0.500. The van der Waals surface area contributed by atoms with Crippen LogP contribution in [0.1, 0.15) is 49.3 Å². The third-order valence-corrected chi connectivity index (χ3v) is 4.45. The van der Waals surface area contributed by atoms with E-state index in [9.17, 15) is 0 Å². The lowest BCUT2D eigenvalue weighted by Gasteiger charge is -2.25. The molecule has 2 aliphatic carbocycles. The number of nitrogens with one attached hydrogen (secondary N) is 1. The van der Waals surface area contributed by atoms with Crippen molar-refractivity contribution in [3.8, 4) is 0 Å². The van der Waals surface area contributed by atoms with E-state index in [0.717, 1.165) is 18.4 Å². The molecule has 0 atom stereocenters. The normalized spacial score (nSPS) is 22.6. The Bertz CT molecular complexity index is 576. The van der Waals surface area contributed by atoms with Crippen LogP contribution in [-0.2, 0) is 5.54 Å². The number of H-pyrrole nitrogens is 1. The molecule has 3 N–H and O–H groups in total. The smallest absolute Gasteiger partial charge is 0.0927 e. The van der Waals surface area contributed by atoms with Gasteiger partial charge in [-0.1, -0.05) is 18.6 Å². The molecule has 1 aromatic carbocycles. The van der Waals surface area contributed by atoms with Crippen LogP contribution < -0.4 is 5.73 Å². The van der Waals surface area contributed by atoms with E-state index in [-0.39, 0.29) is 5.54 Å². The Hall–Kier alpha value is -1.35. The molecule has 0 spiro atoms. The second kappa shape index (κ2) is 3.10. The first-order valence-corrected chi connectivity index (χ1v) is 6.54. The summed E-state index contributed by atoms with van der Waals surface area (Å²) in [7, 11) is 0. The maximum atomic E-state index is 6.38. The zero-order valence-corrected chi connectivity index (χ0v) is 9.87. The summed E-state index contributed by atoms with van der Waals surface area (Å²) in [6, 6.07) is 6.35. The summed E-state index contributed by atoms with van der Waals surface area (Å²) < 4.78 is 0. The predicted molar refractivity (Wildman–Crippen MR) is 67.8 cm³/mol. The van der Waals surface area contributed by atoms with Crippen molar-refractivity contribution in [2.75, 3.05) is 0 Å². The molecule has 3 nitrogen and oxygen atoms in total. The molecule has 0 amide bonds. The summed E-state index contributed by atoms with van der Waals surface area (Å²) in [5.74, 6) is 0.684. The molecule has 88 valence electrons.